The Kier molecular flexibility index (Phi) is 3.36. The molecule has 0 spiro atoms. The Hall–Kier alpha value is -1.22. The van der Waals surface area contributed by atoms with Crippen molar-refractivity contribution < 1.29 is 14.6 Å². The molecule has 0 radical (unpaired) electrons. The molecule has 1 rings (SSSR count). The SMILES string of the molecule is COc1cc(C)c(CO)c(OC)c1C. The van der Waals surface area contributed by atoms with Crippen LogP contribution in [0.15, 0.2) is 6.07 Å². The minimum Gasteiger partial charge on any atom is -0.496 e. The molecule has 78 valence electrons. The second-order valence-corrected chi connectivity index (χ2v) is 3.19. The van der Waals surface area contributed by atoms with Gasteiger partial charge in [-0.3, -0.25) is 0 Å². The van der Waals surface area contributed by atoms with Gasteiger partial charge in [0.1, 0.15) is 11.5 Å². The standard InChI is InChI=1S/C11H16O3/c1-7-5-10(13-3)8(2)11(14-4)9(7)6-12/h5,12H,6H2,1-4H3. The van der Waals surface area contributed by atoms with Gasteiger partial charge in [0.25, 0.3) is 0 Å². The zero-order valence-electron chi connectivity index (χ0n) is 9.05. The molecule has 0 aliphatic carbocycles. The van der Waals surface area contributed by atoms with Crippen LogP contribution in [0.25, 0.3) is 0 Å². The molecule has 0 unspecified atom stereocenters. The predicted octanol–water partition coefficient (Wildman–Crippen LogP) is 1.81. The van der Waals surface area contributed by atoms with Gasteiger partial charge in [0, 0.05) is 11.1 Å². The fourth-order valence-electron chi connectivity index (χ4n) is 1.59. The smallest absolute Gasteiger partial charge is 0.131 e. The van der Waals surface area contributed by atoms with Crippen molar-refractivity contribution in [2.75, 3.05) is 14.2 Å². The molecule has 0 atom stereocenters. The van der Waals surface area contributed by atoms with Crippen LogP contribution in [0.1, 0.15) is 16.7 Å². The summed E-state index contributed by atoms with van der Waals surface area (Å²) in [6.45, 7) is 3.83. The normalized spacial score (nSPS) is 10.1. The molecule has 1 aromatic carbocycles. The molecule has 14 heavy (non-hydrogen) atoms. The number of rotatable bonds is 3. The van der Waals surface area contributed by atoms with Gasteiger partial charge in [0.2, 0.25) is 0 Å². The molecule has 0 heterocycles. The van der Waals surface area contributed by atoms with Crippen LogP contribution in [0.4, 0.5) is 0 Å². The molecule has 0 bridgehead atoms. The number of aryl methyl sites for hydroxylation is 1. The van der Waals surface area contributed by atoms with Crippen molar-refractivity contribution in [1.82, 2.24) is 0 Å². The van der Waals surface area contributed by atoms with E-state index in [9.17, 15) is 5.11 Å². The highest BCUT2D eigenvalue weighted by Crippen LogP contribution is 2.33. The van der Waals surface area contributed by atoms with Crippen molar-refractivity contribution in [1.29, 1.82) is 0 Å². The average Bonchev–Trinajstić information content (AvgIpc) is 2.20. The summed E-state index contributed by atoms with van der Waals surface area (Å²) in [5.74, 6) is 1.50. The molecular weight excluding hydrogens is 180 g/mol. The summed E-state index contributed by atoms with van der Waals surface area (Å²) in [4.78, 5) is 0. The van der Waals surface area contributed by atoms with E-state index in [1.54, 1.807) is 14.2 Å². The Labute approximate surface area is 84.3 Å². The van der Waals surface area contributed by atoms with Crippen LogP contribution in [0.2, 0.25) is 0 Å². The number of aliphatic hydroxyl groups excluding tert-OH is 1. The first-order chi connectivity index (χ1) is 6.65. The molecule has 3 heteroatoms. The molecule has 0 aliphatic rings. The van der Waals surface area contributed by atoms with Gasteiger partial charge in [-0.1, -0.05) is 0 Å². The van der Waals surface area contributed by atoms with Crippen LogP contribution < -0.4 is 9.47 Å². The highest BCUT2D eigenvalue weighted by atomic mass is 16.5. The monoisotopic (exact) mass is 196 g/mol. The highest BCUT2D eigenvalue weighted by molar-refractivity contribution is 5.52. The molecular formula is C11H16O3. The molecule has 0 saturated heterocycles. The molecule has 3 nitrogen and oxygen atoms in total. The third-order valence-corrected chi connectivity index (χ3v) is 2.39. The van der Waals surface area contributed by atoms with E-state index in [-0.39, 0.29) is 6.61 Å². The van der Waals surface area contributed by atoms with Crippen LogP contribution in [0.3, 0.4) is 0 Å². The van der Waals surface area contributed by atoms with Gasteiger partial charge in [-0.05, 0) is 25.5 Å². The molecule has 0 fully saturated rings. The van der Waals surface area contributed by atoms with Crippen LogP contribution in [-0.4, -0.2) is 19.3 Å². The summed E-state index contributed by atoms with van der Waals surface area (Å²) in [5.41, 5.74) is 2.72. The van der Waals surface area contributed by atoms with E-state index in [1.165, 1.54) is 0 Å². The average molecular weight is 196 g/mol. The molecule has 1 aromatic rings. The fourth-order valence-corrected chi connectivity index (χ4v) is 1.59. The number of aliphatic hydroxyl groups is 1. The first-order valence-corrected chi connectivity index (χ1v) is 4.47. The van der Waals surface area contributed by atoms with Crippen LogP contribution in [-0.2, 0) is 6.61 Å². The van der Waals surface area contributed by atoms with Gasteiger partial charge >= 0.3 is 0 Å². The van der Waals surface area contributed by atoms with Crippen molar-refractivity contribution in [3.63, 3.8) is 0 Å². The maximum Gasteiger partial charge on any atom is 0.131 e. The van der Waals surface area contributed by atoms with Crippen LogP contribution in [0, 0.1) is 13.8 Å². The third kappa shape index (κ3) is 1.68. The second-order valence-electron chi connectivity index (χ2n) is 3.19. The van der Waals surface area contributed by atoms with Crippen molar-refractivity contribution >= 4 is 0 Å². The zero-order chi connectivity index (χ0) is 10.7. The molecule has 0 amide bonds. The Morgan fingerprint density at radius 1 is 1.21 bits per heavy atom. The Morgan fingerprint density at radius 3 is 2.29 bits per heavy atom. The van der Waals surface area contributed by atoms with Gasteiger partial charge in [0.15, 0.2) is 0 Å². The summed E-state index contributed by atoms with van der Waals surface area (Å²) >= 11 is 0. The first kappa shape index (κ1) is 10.9. The number of ether oxygens (including phenoxy) is 2. The van der Waals surface area contributed by atoms with Gasteiger partial charge < -0.3 is 14.6 Å². The molecule has 0 aliphatic heterocycles. The Morgan fingerprint density at radius 2 is 1.86 bits per heavy atom. The molecule has 0 aromatic heterocycles. The lowest BCUT2D eigenvalue weighted by molar-refractivity contribution is 0.272. The van der Waals surface area contributed by atoms with Gasteiger partial charge in [0.05, 0.1) is 20.8 Å². The van der Waals surface area contributed by atoms with Gasteiger partial charge in [-0.2, -0.15) is 0 Å². The van der Waals surface area contributed by atoms with Crippen LogP contribution >= 0.6 is 0 Å². The van der Waals surface area contributed by atoms with E-state index in [1.807, 2.05) is 19.9 Å². The zero-order valence-corrected chi connectivity index (χ0v) is 9.05. The Balaban J connectivity index is 3.40. The van der Waals surface area contributed by atoms with E-state index >= 15 is 0 Å². The maximum atomic E-state index is 9.20. The minimum atomic E-state index is -0.0140. The third-order valence-electron chi connectivity index (χ3n) is 2.39. The quantitative estimate of drug-likeness (QED) is 0.801. The lowest BCUT2D eigenvalue weighted by atomic mass is 10.0. The molecule has 0 saturated carbocycles. The lowest BCUT2D eigenvalue weighted by Crippen LogP contribution is -2.00. The summed E-state index contributed by atoms with van der Waals surface area (Å²) < 4.78 is 10.5. The summed E-state index contributed by atoms with van der Waals surface area (Å²) in [5, 5.41) is 9.20. The van der Waals surface area contributed by atoms with Crippen molar-refractivity contribution in [2.45, 2.75) is 20.5 Å². The maximum absolute atomic E-state index is 9.20. The van der Waals surface area contributed by atoms with Gasteiger partial charge in [-0.25, -0.2) is 0 Å². The Bertz CT molecular complexity index is 332. The van der Waals surface area contributed by atoms with E-state index < -0.39 is 0 Å². The first-order valence-electron chi connectivity index (χ1n) is 4.47. The number of hydrogen-bond donors (Lipinski definition) is 1. The number of hydrogen-bond acceptors (Lipinski definition) is 3. The van der Waals surface area contributed by atoms with E-state index in [0.29, 0.717) is 5.75 Å². The summed E-state index contributed by atoms with van der Waals surface area (Å²) in [6, 6.07) is 1.91. The van der Waals surface area contributed by atoms with Crippen LogP contribution in [0.5, 0.6) is 11.5 Å². The fraction of sp³-hybridized carbons (Fsp3) is 0.455. The number of benzene rings is 1. The van der Waals surface area contributed by atoms with Crippen molar-refractivity contribution in [2.24, 2.45) is 0 Å². The van der Waals surface area contributed by atoms with E-state index in [0.717, 1.165) is 22.4 Å². The van der Waals surface area contributed by atoms with E-state index in [2.05, 4.69) is 0 Å². The van der Waals surface area contributed by atoms with E-state index in [4.69, 9.17) is 9.47 Å². The summed E-state index contributed by atoms with van der Waals surface area (Å²) in [7, 11) is 3.22. The highest BCUT2D eigenvalue weighted by Gasteiger charge is 2.13. The van der Waals surface area contributed by atoms with Gasteiger partial charge in [-0.15, -0.1) is 0 Å². The predicted molar refractivity (Wildman–Crippen MR) is 54.9 cm³/mol. The largest absolute Gasteiger partial charge is 0.496 e. The minimum absolute atomic E-state index is 0.0140. The summed E-state index contributed by atoms with van der Waals surface area (Å²) in [6.07, 6.45) is 0. The number of methoxy groups -OCH3 is 2. The molecule has 1 N–H and O–H groups in total. The van der Waals surface area contributed by atoms with Crippen molar-refractivity contribution in [3.05, 3.63) is 22.8 Å². The van der Waals surface area contributed by atoms with Crippen molar-refractivity contribution in [3.8, 4) is 11.5 Å². The lowest BCUT2D eigenvalue weighted by Gasteiger charge is -2.15. The topological polar surface area (TPSA) is 38.7 Å². The second kappa shape index (κ2) is 4.33.